The lowest BCUT2D eigenvalue weighted by atomic mass is 10.1. The number of nitrogens with zero attached hydrogens (tertiary/aromatic N) is 1. The van der Waals surface area contributed by atoms with Crippen LogP contribution in [0.4, 0.5) is 18.9 Å². The molecule has 0 bridgehead atoms. The van der Waals surface area contributed by atoms with E-state index in [-0.39, 0.29) is 28.1 Å². The van der Waals surface area contributed by atoms with Gasteiger partial charge in [-0.1, -0.05) is 12.1 Å². The predicted octanol–water partition coefficient (Wildman–Crippen LogP) is 2.53. The Morgan fingerprint density at radius 2 is 1.62 bits per heavy atom. The van der Waals surface area contributed by atoms with E-state index < -0.39 is 30.5 Å². The maximum atomic E-state index is 12.6. The minimum Gasteiger partial charge on any atom is -0.482 e. The summed E-state index contributed by atoms with van der Waals surface area (Å²) in [5, 5.41) is 0. The molecule has 2 N–H and O–H groups in total. The number of primary amides is 1. The lowest BCUT2D eigenvalue weighted by molar-refractivity contribution is -0.153. The standard InChI is InChI=1S/C17H11F3N2O4/c18-17(19,20)8-26-13-6-5-9(14(21)23)7-12(13)22-15(24)10-3-1-2-4-11(10)16(22)25/h1-7H,8H2,(H2,21,23). The van der Waals surface area contributed by atoms with Gasteiger partial charge in [-0.05, 0) is 30.3 Å². The Balaban J connectivity index is 2.08. The Labute approximate surface area is 145 Å². The highest BCUT2D eigenvalue weighted by Gasteiger charge is 2.38. The van der Waals surface area contributed by atoms with Crippen LogP contribution in [0.2, 0.25) is 0 Å². The van der Waals surface area contributed by atoms with E-state index in [9.17, 15) is 27.6 Å². The number of anilines is 1. The molecule has 6 nitrogen and oxygen atoms in total. The van der Waals surface area contributed by atoms with Crippen LogP contribution in [0, 0.1) is 0 Å². The van der Waals surface area contributed by atoms with Crippen molar-refractivity contribution in [2.24, 2.45) is 5.73 Å². The fourth-order valence-corrected chi connectivity index (χ4v) is 2.54. The number of nitrogens with two attached hydrogens (primary N) is 1. The van der Waals surface area contributed by atoms with E-state index >= 15 is 0 Å². The van der Waals surface area contributed by atoms with Crippen LogP contribution in [0.5, 0.6) is 5.75 Å². The largest absolute Gasteiger partial charge is 0.482 e. The summed E-state index contributed by atoms with van der Waals surface area (Å²) in [6, 6.07) is 9.20. The van der Waals surface area contributed by atoms with Crippen LogP contribution >= 0.6 is 0 Å². The van der Waals surface area contributed by atoms with Crippen molar-refractivity contribution in [2.45, 2.75) is 6.18 Å². The zero-order valence-electron chi connectivity index (χ0n) is 13.0. The SMILES string of the molecule is NC(=O)c1ccc(OCC(F)(F)F)c(N2C(=O)c3ccccc3C2=O)c1. The molecule has 1 aliphatic rings. The molecule has 0 saturated heterocycles. The molecular weight excluding hydrogens is 353 g/mol. The lowest BCUT2D eigenvalue weighted by Crippen LogP contribution is -2.31. The summed E-state index contributed by atoms with van der Waals surface area (Å²) in [7, 11) is 0. The molecule has 0 saturated carbocycles. The summed E-state index contributed by atoms with van der Waals surface area (Å²) in [4.78, 5) is 37.2. The highest BCUT2D eigenvalue weighted by Crippen LogP contribution is 2.36. The molecule has 0 radical (unpaired) electrons. The van der Waals surface area contributed by atoms with Gasteiger partial charge in [-0.15, -0.1) is 0 Å². The molecule has 0 aliphatic carbocycles. The molecule has 0 spiro atoms. The first-order valence-electron chi connectivity index (χ1n) is 7.30. The molecule has 134 valence electrons. The Bertz CT molecular complexity index is 889. The second-order valence-electron chi connectivity index (χ2n) is 5.44. The van der Waals surface area contributed by atoms with Gasteiger partial charge in [0.2, 0.25) is 5.91 Å². The molecule has 1 heterocycles. The molecule has 0 atom stereocenters. The fourth-order valence-electron chi connectivity index (χ4n) is 2.54. The predicted molar refractivity (Wildman–Crippen MR) is 84.1 cm³/mol. The number of halogens is 3. The van der Waals surface area contributed by atoms with Crippen molar-refractivity contribution in [3.8, 4) is 5.75 Å². The van der Waals surface area contributed by atoms with Gasteiger partial charge in [0.15, 0.2) is 6.61 Å². The molecule has 9 heteroatoms. The third-order valence-corrected chi connectivity index (χ3v) is 3.67. The van der Waals surface area contributed by atoms with Crippen LogP contribution in [-0.4, -0.2) is 30.5 Å². The highest BCUT2D eigenvalue weighted by atomic mass is 19.4. The van der Waals surface area contributed by atoms with Crippen molar-refractivity contribution >= 4 is 23.4 Å². The highest BCUT2D eigenvalue weighted by molar-refractivity contribution is 6.35. The van der Waals surface area contributed by atoms with Crippen LogP contribution in [0.1, 0.15) is 31.1 Å². The van der Waals surface area contributed by atoms with Gasteiger partial charge < -0.3 is 10.5 Å². The summed E-state index contributed by atoms with van der Waals surface area (Å²) in [5.74, 6) is -2.71. The minimum atomic E-state index is -4.62. The van der Waals surface area contributed by atoms with Crippen LogP contribution in [-0.2, 0) is 0 Å². The van der Waals surface area contributed by atoms with Gasteiger partial charge in [0.05, 0.1) is 16.8 Å². The Morgan fingerprint density at radius 1 is 1.04 bits per heavy atom. The average Bonchev–Trinajstić information content (AvgIpc) is 2.83. The summed E-state index contributed by atoms with van der Waals surface area (Å²) >= 11 is 0. The number of carbonyl (C=O) groups is 3. The maximum absolute atomic E-state index is 12.6. The van der Waals surface area contributed by atoms with Crippen LogP contribution < -0.4 is 15.4 Å². The summed E-state index contributed by atoms with van der Waals surface area (Å²) in [6.45, 7) is -1.63. The van der Waals surface area contributed by atoms with Crippen molar-refractivity contribution in [1.29, 1.82) is 0 Å². The van der Waals surface area contributed by atoms with Gasteiger partial charge in [0.1, 0.15) is 5.75 Å². The number of fused-ring (bicyclic) bond motifs is 1. The first kappa shape index (κ1) is 17.5. The first-order chi connectivity index (χ1) is 12.2. The number of imide groups is 1. The lowest BCUT2D eigenvalue weighted by Gasteiger charge is -2.19. The smallest absolute Gasteiger partial charge is 0.422 e. The van der Waals surface area contributed by atoms with E-state index in [0.29, 0.717) is 4.90 Å². The second-order valence-corrected chi connectivity index (χ2v) is 5.44. The van der Waals surface area contributed by atoms with E-state index in [1.54, 1.807) is 12.1 Å². The van der Waals surface area contributed by atoms with Gasteiger partial charge >= 0.3 is 6.18 Å². The molecule has 2 aromatic carbocycles. The molecule has 0 unspecified atom stereocenters. The van der Waals surface area contributed by atoms with E-state index in [1.807, 2.05) is 0 Å². The Morgan fingerprint density at radius 3 is 2.12 bits per heavy atom. The van der Waals surface area contributed by atoms with Gasteiger partial charge in [-0.25, -0.2) is 4.90 Å². The topological polar surface area (TPSA) is 89.7 Å². The van der Waals surface area contributed by atoms with E-state index in [1.165, 1.54) is 12.1 Å². The number of hydrogen-bond acceptors (Lipinski definition) is 4. The number of hydrogen-bond donors (Lipinski definition) is 1. The molecule has 26 heavy (non-hydrogen) atoms. The van der Waals surface area contributed by atoms with Crippen LogP contribution in [0.25, 0.3) is 0 Å². The number of ether oxygens (including phenoxy) is 1. The molecule has 1 aliphatic heterocycles. The van der Waals surface area contributed by atoms with Crippen molar-refractivity contribution in [3.05, 3.63) is 59.2 Å². The normalized spacial score (nSPS) is 13.7. The number of alkyl halides is 3. The average molecular weight is 364 g/mol. The summed E-state index contributed by atoms with van der Waals surface area (Å²) in [5.41, 5.74) is 5.01. The van der Waals surface area contributed by atoms with Crippen molar-refractivity contribution in [2.75, 3.05) is 11.5 Å². The molecule has 0 fully saturated rings. The first-order valence-corrected chi connectivity index (χ1v) is 7.30. The van der Waals surface area contributed by atoms with Gasteiger partial charge in [0.25, 0.3) is 11.8 Å². The molecule has 0 aromatic heterocycles. The molecule has 3 rings (SSSR count). The van der Waals surface area contributed by atoms with E-state index in [2.05, 4.69) is 0 Å². The van der Waals surface area contributed by atoms with Crippen molar-refractivity contribution in [1.82, 2.24) is 0 Å². The third kappa shape index (κ3) is 3.10. The quantitative estimate of drug-likeness (QED) is 0.845. The van der Waals surface area contributed by atoms with Gasteiger partial charge in [0, 0.05) is 5.56 Å². The van der Waals surface area contributed by atoms with Crippen LogP contribution in [0.15, 0.2) is 42.5 Å². The molecule has 2 aromatic rings. The van der Waals surface area contributed by atoms with Crippen LogP contribution in [0.3, 0.4) is 0 Å². The minimum absolute atomic E-state index is 0.0871. The monoisotopic (exact) mass is 364 g/mol. The Kier molecular flexibility index (Phi) is 4.15. The third-order valence-electron chi connectivity index (χ3n) is 3.67. The van der Waals surface area contributed by atoms with Gasteiger partial charge in [-0.2, -0.15) is 13.2 Å². The van der Waals surface area contributed by atoms with E-state index in [4.69, 9.17) is 10.5 Å². The summed E-state index contributed by atoms with van der Waals surface area (Å²) in [6.07, 6.45) is -4.62. The molecular formula is C17H11F3N2O4. The van der Waals surface area contributed by atoms with Gasteiger partial charge in [-0.3, -0.25) is 14.4 Å². The molecule has 3 amide bonds. The number of amides is 3. The number of rotatable bonds is 4. The zero-order valence-corrected chi connectivity index (χ0v) is 13.0. The number of carbonyl (C=O) groups excluding carboxylic acids is 3. The second kappa shape index (κ2) is 6.17. The Hall–Kier alpha value is -3.36. The maximum Gasteiger partial charge on any atom is 0.422 e. The fraction of sp³-hybridized carbons (Fsp3) is 0.118. The number of benzene rings is 2. The van der Waals surface area contributed by atoms with E-state index in [0.717, 1.165) is 18.2 Å². The van der Waals surface area contributed by atoms with Crippen molar-refractivity contribution in [3.63, 3.8) is 0 Å². The van der Waals surface area contributed by atoms with Crippen molar-refractivity contribution < 1.29 is 32.3 Å². The summed E-state index contributed by atoms with van der Waals surface area (Å²) < 4.78 is 42.2. The zero-order chi connectivity index (χ0) is 19.1.